The minimum Gasteiger partial charge on any atom is -0.320 e. The summed E-state index contributed by atoms with van der Waals surface area (Å²) in [5.74, 6) is 0.593. The number of thiophene rings is 1. The molecule has 164 valence electrons. The maximum absolute atomic E-state index is 13.1. The first-order chi connectivity index (χ1) is 15.4. The fraction of sp³-hybridized carbons (Fsp3) is 0.217. The van der Waals surface area contributed by atoms with Crippen molar-refractivity contribution < 1.29 is 13.2 Å². The lowest BCUT2D eigenvalue weighted by Crippen LogP contribution is -2.35. The highest BCUT2D eigenvalue weighted by atomic mass is 32.1. The molecule has 5 nitrogen and oxygen atoms in total. The van der Waals surface area contributed by atoms with E-state index in [1.54, 1.807) is 16.8 Å². The fourth-order valence-corrected chi connectivity index (χ4v) is 4.67. The Kier molecular flexibility index (Phi) is 5.22. The zero-order valence-corrected chi connectivity index (χ0v) is 17.7. The van der Waals surface area contributed by atoms with Crippen molar-refractivity contribution in [1.29, 1.82) is 0 Å². The van der Waals surface area contributed by atoms with Crippen molar-refractivity contribution in [3.63, 3.8) is 0 Å². The highest BCUT2D eigenvalue weighted by molar-refractivity contribution is 7.13. The van der Waals surface area contributed by atoms with Crippen LogP contribution in [0, 0.1) is 0 Å². The molecule has 0 radical (unpaired) electrons. The molecule has 0 saturated carbocycles. The smallest absolute Gasteiger partial charge is 0.320 e. The molecule has 0 amide bonds. The van der Waals surface area contributed by atoms with E-state index in [2.05, 4.69) is 14.9 Å². The summed E-state index contributed by atoms with van der Waals surface area (Å²) in [7, 11) is 0. The van der Waals surface area contributed by atoms with Gasteiger partial charge in [-0.25, -0.2) is 4.98 Å². The highest BCUT2D eigenvalue weighted by Crippen LogP contribution is 2.31. The van der Waals surface area contributed by atoms with Gasteiger partial charge in [0.15, 0.2) is 5.82 Å². The number of hydrogen-bond donors (Lipinski definition) is 1. The van der Waals surface area contributed by atoms with Gasteiger partial charge >= 0.3 is 6.18 Å². The summed E-state index contributed by atoms with van der Waals surface area (Å²) >= 11 is 1.52. The third-order valence-electron chi connectivity index (χ3n) is 5.57. The Morgan fingerprint density at radius 3 is 2.78 bits per heavy atom. The molecule has 32 heavy (non-hydrogen) atoms. The summed E-state index contributed by atoms with van der Waals surface area (Å²) in [6, 6.07) is 12.8. The quantitative estimate of drug-likeness (QED) is 0.477. The van der Waals surface area contributed by atoms with Gasteiger partial charge in [0.25, 0.3) is 5.56 Å². The van der Waals surface area contributed by atoms with Crippen molar-refractivity contribution in [2.45, 2.75) is 25.7 Å². The number of fused-ring (bicyclic) bond motifs is 1. The number of hydrogen-bond acceptors (Lipinski definition) is 4. The molecule has 4 aromatic rings. The van der Waals surface area contributed by atoms with Crippen LogP contribution in [0.3, 0.4) is 0 Å². The number of H-pyrrole nitrogens is 1. The molecule has 1 aliphatic heterocycles. The van der Waals surface area contributed by atoms with Crippen LogP contribution in [0.2, 0.25) is 0 Å². The Morgan fingerprint density at radius 1 is 1.12 bits per heavy atom. The molecule has 0 spiro atoms. The molecule has 0 atom stereocenters. The van der Waals surface area contributed by atoms with Gasteiger partial charge in [-0.1, -0.05) is 12.1 Å². The van der Waals surface area contributed by atoms with E-state index in [0.717, 1.165) is 28.4 Å². The first-order valence-electron chi connectivity index (χ1n) is 10.1. The van der Waals surface area contributed by atoms with E-state index in [1.165, 1.54) is 17.4 Å². The molecule has 0 fully saturated rings. The zero-order valence-electron chi connectivity index (χ0n) is 16.9. The first-order valence-corrected chi connectivity index (χ1v) is 11.0. The molecule has 0 aliphatic carbocycles. The van der Waals surface area contributed by atoms with E-state index in [9.17, 15) is 18.0 Å². The van der Waals surface area contributed by atoms with E-state index in [1.807, 2.05) is 29.6 Å². The van der Waals surface area contributed by atoms with Gasteiger partial charge in [-0.15, -0.1) is 11.3 Å². The molecular weight excluding hydrogens is 437 g/mol. The van der Waals surface area contributed by atoms with E-state index in [0.29, 0.717) is 43.1 Å². The molecule has 3 aromatic heterocycles. The molecule has 0 bridgehead atoms. The monoisotopic (exact) mass is 456 g/mol. The van der Waals surface area contributed by atoms with Crippen LogP contribution in [0.5, 0.6) is 0 Å². The van der Waals surface area contributed by atoms with Crippen molar-refractivity contribution in [1.82, 2.24) is 19.4 Å². The minimum atomic E-state index is -4.39. The number of nitrogens with zero attached hydrogens (tertiary/aromatic N) is 3. The lowest BCUT2D eigenvalue weighted by atomic mass is 10.1. The predicted octanol–water partition coefficient (Wildman–Crippen LogP) is 4.87. The van der Waals surface area contributed by atoms with E-state index < -0.39 is 11.7 Å². The molecule has 1 aliphatic rings. The van der Waals surface area contributed by atoms with Crippen LogP contribution in [0.25, 0.3) is 16.4 Å². The molecule has 5 rings (SSSR count). The van der Waals surface area contributed by atoms with Crippen molar-refractivity contribution in [3.05, 3.63) is 93.0 Å². The van der Waals surface area contributed by atoms with Crippen molar-refractivity contribution in [2.24, 2.45) is 0 Å². The Hall–Kier alpha value is -3.17. The van der Waals surface area contributed by atoms with E-state index in [-0.39, 0.29) is 5.56 Å². The molecule has 9 heteroatoms. The molecular formula is C23H19F3N4OS. The van der Waals surface area contributed by atoms with Gasteiger partial charge in [-0.05, 0) is 41.8 Å². The van der Waals surface area contributed by atoms with Crippen molar-refractivity contribution in [3.8, 4) is 16.4 Å². The van der Waals surface area contributed by atoms with Gasteiger partial charge in [-0.2, -0.15) is 13.2 Å². The van der Waals surface area contributed by atoms with Gasteiger partial charge in [-0.3, -0.25) is 9.69 Å². The summed E-state index contributed by atoms with van der Waals surface area (Å²) in [5.41, 5.74) is 1.94. The fourth-order valence-electron chi connectivity index (χ4n) is 4.00. The second kappa shape index (κ2) is 8.07. The molecule has 1 N–H and O–H groups in total. The summed E-state index contributed by atoms with van der Waals surface area (Å²) in [5, 5.41) is 1.94. The van der Waals surface area contributed by atoms with Gasteiger partial charge in [0.2, 0.25) is 0 Å². The topological polar surface area (TPSA) is 53.9 Å². The van der Waals surface area contributed by atoms with Crippen molar-refractivity contribution in [2.75, 3.05) is 6.54 Å². The maximum Gasteiger partial charge on any atom is 0.416 e. The maximum atomic E-state index is 13.1. The minimum absolute atomic E-state index is 0.142. The SMILES string of the molecule is O=c1[nH]c(-c2cccs2)nc2c1CN(Cc1cccn1-c1cccc(C(F)(F)F)c1)CC2. The Bertz CT molecular complexity index is 1310. The van der Waals surface area contributed by atoms with E-state index in [4.69, 9.17) is 0 Å². The Morgan fingerprint density at radius 2 is 2.00 bits per heavy atom. The van der Waals surface area contributed by atoms with Gasteiger partial charge in [0.1, 0.15) is 0 Å². The zero-order chi connectivity index (χ0) is 22.3. The van der Waals surface area contributed by atoms with E-state index >= 15 is 0 Å². The van der Waals surface area contributed by atoms with Crippen molar-refractivity contribution >= 4 is 11.3 Å². The first kappa shape index (κ1) is 20.7. The molecule has 0 unspecified atom stereocenters. The lowest BCUT2D eigenvalue weighted by Gasteiger charge is -2.28. The van der Waals surface area contributed by atoms with Crippen LogP contribution < -0.4 is 5.56 Å². The third kappa shape index (κ3) is 4.01. The number of rotatable bonds is 4. The highest BCUT2D eigenvalue weighted by Gasteiger charge is 2.30. The van der Waals surface area contributed by atoms with Gasteiger partial charge < -0.3 is 9.55 Å². The second-order valence-corrected chi connectivity index (χ2v) is 8.64. The summed E-state index contributed by atoms with van der Waals surface area (Å²) in [6.45, 7) is 1.66. The summed E-state index contributed by atoms with van der Waals surface area (Å²) < 4.78 is 41.1. The number of aromatic amines is 1. The van der Waals surface area contributed by atoms with Crippen LogP contribution >= 0.6 is 11.3 Å². The van der Waals surface area contributed by atoms with Gasteiger partial charge in [0.05, 0.1) is 21.7 Å². The summed E-state index contributed by atoms with van der Waals surface area (Å²) in [6.07, 6.45) is -2.00. The molecule has 4 heterocycles. The largest absolute Gasteiger partial charge is 0.416 e. The van der Waals surface area contributed by atoms with Crippen LogP contribution in [0.4, 0.5) is 13.2 Å². The average molecular weight is 456 g/mol. The Labute approximate surface area is 185 Å². The second-order valence-electron chi connectivity index (χ2n) is 7.70. The third-order valence-corrected chi connectivity index (χ3v) is 6.45. The molecule has 1 aromatic carbocycles. The molecule has 0 saturated heterocycles. The van der Waals surface area contributed by atoms with Crippen LogP contribution in [0.15, 0.2) is 64.9 Å². The van der Waals surface area contributed by atoms with Crippen LogP contribution in [0.1, 0.15) is 22.5 Å². The van der Waals surface area contributed by atoms with Gasteiger partial charge in [0, 0.05) is 43.6 Å². The number of aromatic nitrogens is 3. The number of nitrogens with one attached hydrogen (secondary N) is 1. The number of halogens is 3. The number of benzene rings is 1. The summed E-state index contributed by atoms with van der Waals surface area (Å²) in [4.78, 5) is 23.3. The lowest BCUT2D eigenvalue weighted by molar-refractivity contribution is -0.137. The normalized spacial score (nSPS) is 14.5. The average Bonchev–Trinajstić information content (AvgIpc) is 3.46. The standard InChI is InChI=1S/C23H19F3N4OS/c24-23(25,26)15-4-1-5-16(12-15)30-9-2-6-17(30)13-29-10-8-19-18(14-29)22(31)28-21(27-19)20-7-3-11-32-20/h1-7,9,11-12H,8,10,13-14H2,(H,27,28,31). The number of alkyl halides is 3. The predicted molar refractivity (Wildman–Crippen MR) is 117 cm³/mol. The Balaban J connectivity index is 1.38. The van der Waals surface area contributed by atoms with Crippen LogP contribution in [-0.4, -0.2) is 26.0 Å². The van der Waals surface area contributed by atoms with Crippen LogP contribution in [-0.2, 0) is 25.7 Å².